The van der Waals surface area contributed by atoms with E-state index < -0.39 is 28.0 Å². The van der Waals surface area contributed by atoms with E-state index in [2.05, 4.69) is 15.2 Å². The van der Waals surface area contributed by atoms with Gasteiger partial charge in [-0.15, -0.1) is 10.2 Å². The van der Waals surface area contributed by atoms with Crippen molar-refractivity contribution < 1.29 is 30.7 Å². The first kappa shape index (κ1) is 20.1. The molecule has 4 nitrogen and oxygen atoms in total. The van der Waals surface area contributed by atoms with Crippen molar-refractivity contribution in [2.75, 3.05) is 19.0 Å². The van der Waals surface area contributed by atoms with Crippen LogP contribution in [-0.2, 0) is 5.92 Å². The number of rotatable bonds is 5. The SMILES string of the molecule is CN(C)c1ccc(N=Nc2ncc(C(F)(F)C(F)(F)C(F)(F)F)s2)cc1. The Morgan fingerprint density at radius 3 is 2.00 bits per heavy atom. The molecule has 1 aromatic carbocycles. The van der Waals surface area contributed by atoms with Crippen molar-refractivity contribution >= 4 is 27.8 Å². The fourth-order valence-electron chi connectivity index (χ4n) is 1.71. The third-order valence-electron chi connectivity index (χ3n) is 3.17. The number of azo groups is 1. The maximum absolute atomic E-state index is 13.5. The maximum Gasteiger partial charge on any atom is 0.460 e. The fraction of sp³-hybridized carbons (Fsp3) is 0.357. The molecular weight excluding hydrogens is 389 g/mol. The molecule has 0 unspecified atom stereocenters. The molecule has 0 saturated heterocycles. The van der Waals surface area contributed by atoms with E-state index in [1.165, 1.54) is 0 Å². The van der Waals surface area contributed by atoms with E-state index in [1.54, 1.807) is 24.3 Å². The average molecular weight is 400 g/mol. The summed E-state index contributed by atoms with van der Waals surface area (Å²) in [6.07, 6.45) is -6.18. The summed E-state index contributed by atoms with van der Waals surface area (Å²) in [4.78, 5) is 3.57. The summed E-state index contributed by atoms with van der Waals surface area (Å²) >= 11 is -0.0997. The molecule has 1 aromatic heterocycles. The molecule has 142 valence electrons. The zero-order valence-electron chi connectivity index (χ0n) is 13.2. The number of anilines is 1. The van der Waals surface area contributed by atoms with Crippen LogP contribution < -0.4 is 4.90 Å². The number of alkyl halides is 7. The van der Waals surface area contributed by atoms with Crippen LogP contribution in [0.2, 0.25) is 0 Å². The highest BCUT2D eigenvalue weighted by Gasteiger charge is 2.74. The van der Waals surface area contributed by atoms with Crippen LogP contribution >= 0.6 is 11.3 Å². The van der Waals surface area contributed by atoms with Crippen molar-refractivity contribution in [3.8, 4) is 0 Å². The van der Waals surface area contributed by atoms with Gasteiger partial charge < -0.3 is 4.90 Å². The summed E-state index contributed by atoms with van der Waals surface area (Å²) < 4.78 is 89.7. The normalized spacial score (nSPS) is 13.4. The number of thiazole rings is 1. The van der Waals surface area contributed by atoms with Crippen LogP contribution in [0.3, 0.4) is 0 Å². The van der Waals surface area contributed by atoms with E-state index in [4.69, 9.17) is 0 Å². The van der Waals surface area contributed by atoms with Crippen molar-refractivity contribution in [3.05, 3.63) is 35.3 Å². The van der Waals surface area contributed by atoms with Crippen LogP contribution in [0.15, 0.2) is 40.7 Å². The molecule has 0 bridgehead atoms. The summed E-state index contributed by atoms with van der Waals surface area (Å²) in [5.41, 5.74) is 1.18. The Hall–Kier alpha value is -2.24. The van der Waals surface area contributed by atoms with Crippen molar-refractivity contribution in [1.82, 2.24) is 4.98 Å². The maximum atomic E-state index is 13.5. The van der Waals surface area contributed by atoms with Crippen LogP contribution in [0.5, 0.6) is 0 Å². The Kier molecular flexibility index (Phi) is 5.26. The lowest BCUT2D eigenvalue weighted by atomic mass is 10.1. The highest BCUT2D eigenvalue weighted by atomic mass is 32.1. The predicted molar refractivity (Wildman–Crippen MR) is 82.0 cm³/mol. The fourth-order valence-corrected chi connectivity index (χ4v) is 2.45. The largest absolute Gasteiger partial charge is 0.460 e. The quantitative estimate of drug-likeness (QED) is 0.462. The minimum atomic E-state index is -6.41. The molecule has 26 heavy (non-hydrogen) atoms. The van der Waals surface area contributed by atoms with Gasteiger partial charge in [0.25, 0.3) is 0 Å². The van der Waals surface area contributed by atoms with E-state index in [-0.39, 0.29) is 17.5 Å². The molecule has 2 aromatic rings. The average Bonchev–Trinajstić information content (AvgIpc) is 3.01. The van der Waals surface area contributed by atoms with Gasteiger partial charge in [0.05, 0.1) is 5.69 Å². The minimum absolute atomic E-state index is 0.0997. The topological polar surface area (TPSA) is 40.9 Å². The Labute approximate surface area is 147 Å². The van der Waals surface area contributed by atoms with Gasteiger partial charge in [0.15, 0.2) is 0 Å². The van der Waals surface area contributed by atoms with E-state index in [0.717, 1.165) is 5.69 Å². The molecule has 1 heterocycles. The second-order valence-corrected chi connectivity index (χ2v) is 6.27. The Balaban J connectivity index is 2.21. The van der Waals surface area contributed by atoms with E-state index in [0.29, 0.717) is 5.69 Å². The molecule has 0 spiro atoms. The Bertz CT molecular complexity index is 781. The summed E-state index contributed by atoms with van der Waals surface area (Å²) in [6.45, 7) is 0. The van der Waals surface area contributed by atoms with Gasteiger partial charge in [0.1, 0.15) is 4.88 Å². The summed E-state index contributed by atoms with van der Waals surface area (Å²) in [6, 6.07) is 6.50. The first-order chi connectivity index (χ1) is 11.9. The van der Waals surface area contributed by atoms with Crippen LogP contribution in [0.1, 0.15) is 4.88 Å². The van der Waals surface area contributed by atoms with Crippen molar-refractivity contribution in [2.24, 2.45) is 10.2 Å². The zero-order chi connectivity index (χ0) is 19.8. The molecule has 0 saturated carbocycles. The summed E-state index contributed by atoms with van der Waals surface area (Å²) in [5, 5.41) is 6.69. The first-order valence-electron chi connectivity index (χ1n) is 6.84. The van der Waals surface area contributed by atoms with Gasteiger partial charge in [-0.05, 0) is 24.3 Å². The molecule has 0 amide bonds. The van der Waals surface area contributed by atoms with Gasteiger partial charge in [-0.25, -0.2) is 4.98 Å². The van der Waals surface area contributed by atoms with Gasteiger partial charge in [0.2, 0.25) is 5.13 Å². The monoisotopic (exact) mass is 400 g/mol. The molecule has 2 rings (SSSR count). The molecule has 0 aliphatic carbocycles. The number of hydrogen-bond acceptors (Lipinski definition) is 5. The second kappa shape index (κ2) is 6.82. The number of aromatic nitrogens is 1. The number of hydrogen-bond donors (Lipinski definition) is 0. The lowest BCUT2D eigenvalue weighted by molar-refractivity contribution is -0.358. The van der Waals surface area contributed by atoms with Gasteiger partial charge in [-0.3, -0.25) is 0 Å². The van der Waals surface area contributed by atoms with E-state index in [9.17, 15) is 30.7 Å². The van der Waals surface area contributed by atoms with E-state index in [1.807, 2.05) is 19.0 Å². The lowest BCUT2D eigenvalue weighted by Gasteiger charge is -2.26. The zero-order valence-corrected chi connectivity index (χ0v) is 14.0. The Morgan fingerprint density at radius 1 is 0.923 bits per heavy atom. The smallest absolute Gasteiger partial charge is 0.378 e. The highest BCUT2D eigenvalue weighted by Crippen LogP contribution is 2.53. The molecule has 0 N–H and O–H groups in total. The van der Waals surface area contributed by atoms with Gasteiger partial charge in [-0.1, -0.05) is 11.3 Å². The van der Waals surface area contributed by atoms with Crippen LogP contribution in [-0.4, -0.2) is 31.2 Å². The first-order valence-corrected chi connectivity index (χ1v) is 7.65. The molecule has 12 heteroatoms. The van der Waals surface area contributed by atoms with Crippen LogP contribution in [0, 0.1) is 0 Å². The summed E-state index contributed by atoms with van der Waals surface area (Å²) in [7, 11) is 3.62. The lowest BCUT2D eigenvalue weighted by Crippen LogP contribution is -2.49. The predicted octanol–water partition coefficient (Wildman–Crippen LogP) is 5.91. The van der Waals surface area contributed by atoms with Gasteiger partial charge in [-0.2, -0.15) is 30.7 Å². The number of halogens is 7. The minimum Gasteiger partial charge on any atom is -0.378 e. The van der Waals surface area contributed by atoms with Crippen molar-refractivity contribution in [3.63, 3.8) is 0 Å². The highest BCUT2D eigenvalue weighted by molar-refractivity contribution is 7.15. The molecular formula is C14H11F7N4S. The standard InChI is InChI=1S/C14H11F7N4S/c1-25(2)9-5-3-8(4-6-9)23-24-11-22-7-10(26-11)12(15,16)13(17,18)14(19,20)21/h3-7H,1-2H3. The molecule has 0 aliphatic rings. The Morgan fingerprint density at radius 2 is 1.50 bits per heavy atom. The van der Waals surface area contributed by atoms with Crippen molar-refractivity contribution in [2.45, 2.75) is 18.0 Å². The molecule has 0 aliphatic heterocycles. The van der Waals surface area contributed by atoms with E-state index >= 15 is 0 Å². The third kappa shape index (κ3) is 3.79. The van der Waals surface area contributed by atoms with Gasteiger partial charge >= 0.3 is 18.0 Å². The van der Waals surface area contributed by atoms with Crippen molar-refractivity contribution in [1.29, 1.82) is 0 Å². The third-order valence-corrected chi connectivity index (χ3v) is 4.12. The molecule has 0 atom stereocenters. The summed E-state index contributed by atoms with van der Waals surface area (Å²) in [5.74, 6) is -11.7. The van der Waals surface area contributed by atoms with Crippen LogP contribution in [0.25, 0.3) is 0 Å². The number of benzene rings is 1. The van der Waals surface area contributed by atoms with Crippen LogP contribution in [0.4, 0.5) is 47.2 Å². The second-order valence-electron chi connectivity index (χ2n) is 5.26. The molecule has 0 radical (unpaired) electrons. The molecule has 0 fully saturated rings. The van der Waals surface area contributed by atoms with Gasteiger partial charge in [0, 0.05) is 26.0 Å². The number of nitrogens with zero attached hydrogens (tertiary/aromatic N) is 4.